The number of nitrogens with zero attached hydrogens (tertiary/aromatic N) is 1. The van der Waals surface area contributed by atoms with Crippen molar-refractivity contribution in [3.05, 3.63) is 41.1 Å². The van der Waals surface area contributed by atoms with Crippen molar-refractivity contribution in [2.45, 2.75) is 26.8 Å². The maximum Gasteiger partial charge on any atom is 0.338 e. The van der Waals surface area contributed by atoms with Gasteiger partial charge in [-0.15, -0.1) is 0 Å². The quantitative estimate of drug-likeness (QED) is 0.501. The van der Waals surface area contributed by atoms with Gasteiger partial charge >= 0.3 is 5.97 Å². The number of hydrogen-bond acceptors (Lipinski definition) is 4. The van der Waals surface area contributed by atoms with Gasteiger partial charge in [-0.3, -0.25) is 0 Å². The third-order valence-electron chi connectivity index (χ3n) is 3.79. The average molecular weight is 333 g/mol. The zero-order valence-electron chi connectivity index (χ0n) is 13.9. The molecule has 124 valence electrons. The normalized spacial score (nSPS) is 18.2. The molecule has 5 nitrogen and oxygen atoms in total. The fourth-order valence-electron chi connectivity index (χ4n) is 2.36. The molecule has 1 atom stereocenters. The van der Waals surface area contributed by atoms with Crippen LogP contribution in [0.1, 0.15) is 32.4 Å². The van der Waals surface area contributed by atoms with Gasteiger partial charge in [0, 0.05) is 18.4 Å². The Morgan fingerprint density at radius 2 is 2.00 bits per heavy atom. The molecule has 0 fully saturated rings. The molecule has 1 unspecified atom stereocenters. The second-order valence-electron chi connectivity index (χ2n) is 6.10. The number of benzene rings is 1. The number of hydrogen-bond donors (Lipinski definition) is 2. The molecule has 1 heterocycles. The van der Waals surface area contributed by atoms with Crippen LogP contribution in [0.2, 0.25) is 0 Å². The molecular weight excluding hydrogens is 310 g/mol. The van der Waals surface area contributed by atoms with Crippen molar-refractivity contribution in [1.82, 2.24) is 10.2 Å². The van der Waals surface area contributed by atoms with E-state index in [4.69, 9.17) is 22.7 Å². The molecule has 1 aromatic rings. The van der Waals surface area contributed by atoms with Gasteiger partial charge < -0.3 is 20.7 Å². The van der Waals surface area contributed by atoms with Crippen LogP contribution in [0.5, 0.6) is 0 Å². The van der Waals surface area contributed by atoms with Crippen molar-refractivity contribution in [2.24, 2.45) is 5.92 Å². The molecule has 3 N–H and O–H groups in total. The number of esters is 1. The molecule has 0 bridgehead atoms. The predicted molar refractivity (Wildman–Crippen MR) is 95.6 cm³/mol. The van der Waals surface area contributed by atoms with Gasteiger partial charge in [-0.25, -0.2) is 4.79 Å². The first-order valence-corrected chi connectivity index (χ1v) is 7.99. The Labute approximate surface area is 142 Å². The van der Waals surface area contributed by atoms with Crippen molar-refractivity contribution in [3.63, 3.8) is 0 Å². The summed E-state index contributed by atoms with van der Waals surface area (Å²) in [6.07, 6.45) is 0. The van der Waals surface area contributed by atoms with Crippen molar-refractivity contribution in [1.29, 1.82) is 0 Å². The highest BCUT2D eigenvalue weighted by molar-refractivity contribution is 7.80. The zero-order valence-corrected chi connectivity index (χ0v) is 14.7. The third kappa shape index (κ3) is 3.82. The molecule has 0 saturated heterocycles. The maximum atomic E-state index is 12.6. The number of carbonyl (C=O) groups excluding carboxylic acids is 1. The van der Waals surface area contributed by atoms with E-state index < -0.39 is 0 Å². The molecule has 23 heavy (non-hydrogen) atoms. The highest BCUT2D eigenvalue weighted by atomic mass is 32.1. The van der Waals surface area contributed by atoms with E-state index in [2.05, 4.69) is 5.32 Å². The molecule has 0 saturated carbocycles. The first-order chi connectivity index (χ1) is 10.8. The summed E-state index contributed by atoms with van der Waals surface area (Å²) in [5.74, 6) is -0.0370. The van der Waals surface area contributed by atoms with Crippen LogP contribution >= 0.6 is 12.2 Å². The van der Waals surface area contributed by atoms with Crippen molar-refractivity contribution in [2.75, 3.05) is 19.4 Å². The van der Waals surface area contributed by atoms with E-state index in [1.807, 2.05) is 52.1 Å². The third-order valence-corrected chi connectivity index (χ3v) is 4.18. The van der Waals surface area contributed by atoms with Crippen LogP contribution in [0.25, 0.3) is 0 Å². The minimum absolute atomic E-state index is 0.283. The van der Waals surface area contributed by atoms with Gasteiger partial charge in [0.15, 0.2) is 5.11 Å². The summed E-state index contributed by atoms with van der Waals surface area (Å²) in [6, 6.07) is 7.07. The Bertz CT molecular complexity index is 638. The Hall–Kier alpha value is -2.08. The minimum atomic E-state index is -0.334. The molecule has 1 aliphatic heterocycles. The molecule has 0 spiro atoms. The van der Waals surface area contributed by atoms with Crippen LogP contribution in [0.4, 0.5) is 5.69 Å². The SMILES string of the molecule is CC1=C(C(=O)OCC(C)C)C(c2ccc(N)cc2)NC(=S)N1C. The molecule has 0 radical (unpaired) electrons. The monoisotopic (exact) mass is 333 g/mol. The highest BCUT2D eigenvalue weighted by Crippen LogP contribution is 2.31. The number of allylic oxidation sites excluding steroid dienone is 1. The number of carbonyl (C=O) groups is 1. The lowest BCUT2D eigenvalue weighted by Gasteiger charge is -2.35. The predicted octanol–water partition coefficient (Wildman–Crippen LogP) is 2.60. The number of nitrogens with one attached hydrogen (secondary N) is 1. The molecule has 2 rings (SSSR count). The van der Waals surface area contributed by atoms with E-state index in [1.54, 1.807) is 4.90 Å². The van der Waals surface area contributed by atoms with Crippen molar-refractivity contribution < 1.29 is 9.53 Å². The molecule has 6 heteroatoms. The van der Waals surface area contributed by atoms with E-state index in [-0.39, 0.29) is 17.9 Å². The number of anilines is 1. The largest absolute Gasteiger partial charge is 0.462 e. The number of nitrogen functional groups attached to an aromatic ring is 1. The number of nitrogens with two attached hydrogens (primary N) is 1. The van der Waals surface area contributed by atoms with Gasteiger partial charge in [-0.1, -0.05) is 26.0 Å². The average Bonchev–Trinajstić information content (AvgIpc) is 2.50. The second kappa shape index (κ2) is 7.00. The summed E-state index contributed by atoms with van der Waals surface area (Å²) in [4.78, 5) is 14.4. The molecule has 1 aromatic carbocycles. The Morgan fingerprint density at radius 1 is 1.39 bits per heavy atom. The number of thiocarbonyl (C=S) groups is 1. The highest BCUT2D eigenvalue weighted by Gasteiger charge is 2.33. The van der Waals surface area contributed by atoms with Gasteiger partial charge in [0.05, 0.1) is 18.2 Å². The van der Waals surface area contributed by atoms with Gasteiger partial charge in [0.2, 0.25) is 0 Å². The lowest BCUT2D eigenvalue weighted by atomic mass is 9.95. The molecular formula is C17H23N3O2S. The topological polar surface area (TPSA) is 67.6 Å². The summed E-state index contributed by atoms with van der Waals surface area (Å²) < 4.78 is 5.44. The standard InChI is InChI=1S/C17H23N3O2S/c1-10(2)9-22-16(21)14-11(3)20(4)17(23)19-15(14)12-5-7-13(18)8-6-12/h5-8,10,15H,9,18H2,1-4H3,(H,19,23). The minimum Gasteiger partial charge on any atom is -0.462 e. The lowest BCUT2D eigenvalue weighted by molar-refractivity contribution is -0.140. The van der Waals surface area contributed by atoms with Crippen LogP contribution in [0.15, 0.2) is 35.5 Å². The van der Waals surface area contributed by atoms with Crippen LogP contribution in [0.3, 0.4) is 0 Å². The Balaban J connectivity index is 2.39. The molecule has 1 aliphatic rings. The smallest absolute Gasteiger partial charge is 0.338 e. The molecule has 0 amide bonds. The van der Waals surface area contributed by atoms with Gasteiger partial charge in [-0.2, -0.15) is 0 Å². The summed E-state index contributed by atoms with van der Waals surface area (Å²) in [6.45, 7) is 6.28. The van der Waals surface area contributed by atoms with Crippen LogP contribution in [-0.4, -0.2) is 29.6 Å². The van der Waals surface area contributed by atoms with Crippen LogP contribution in [-0.2, 0) is 9.53 Å². The van der Waals surface area contributed by atoms with Crippen molar-refractivity contribution in [3.8, 4) is 0 Å². The van der Waals surface area contributed by atoms with Gasteiger partial charge in [0.25, 0.3) is 0 Å². The lowest BCUT2D eigenvalue weighted by Crippen LogP contribution is -2.46. The second-order valence-corrected chi connectivity index (χ2v) is 6.49. The van der Waals surface area contributed by atoms with Gasteiger partial charge in [0.1, 0.15) is 0 Å². The first kappa shape index (κ1) is 17.3. The molecule has 0 aromatic heterocycles. The Kier molecular flexibility index (Phi) is 5.26. The van der Waals surface area contributed by atoms with E-state index >= 15 is 0 Å². The summed E-state index contributed by atoms with van der Waals surface area (Å²) in [5.41, 5.74) is 8.72. The number of rotatable bonds is 4. The van der Waals surface area contributed by atoms with Gasteiger partial charge in [-0.05, 0) is 42.8 Å². The van der Waals surface area contributed by atoms with E-state index in [0.717, 1.165) is 11.3 Å². The summed E-state index contributed by atoms with van der Waals surface area (Å²) >= 11 is 5.36. The molecule has 0 aliphatic carbocycles. The number of ether oxygens (including phenoxy) is 1. The maximum absolute atomic E-state index is 12.6. The summed E-state index contributed by atoms with van der Waals surface area (Å²) in [7, 11) is 1.83. The van der Waals surface area contributed by atoms with E-state index in [9.17, 15) is 4.79 Å². The zero-order chi connectivity index (χ0) is 17.1. The van der Waals surface area contributed by atoms with E-state index in [0.29, 0.717) is 23.0 Å². The van der Waals surface area contributed by atoms with Crippen LogP contribution in [0, 0.1) is 5.92 Å². The summed E-state index contributed by atoms with van der Waals surface area (Å²) in [5, 5.41) is 3.78. The Morgan fingerprint density at radius 3 is 2.57 bits per heavy atom. The van der Waals surface area contributed by atoms with Crippen molar-refractivity contribution >= 4 is 29.0 Å². The van der Waals surface area contributed by atoms with Crippen LogP contribution < -0.4 is 11.1 Å². The fraction of sp³-hybridized carbons (Fsp3) is 0.412. The first-order valence-electron chi connectivity index (χ1n) is 7.58. The van der Waals surface area contributed by atoms with E-state index in [1.165, 1.54) is 0 Å². The fourth-order valence-corrected chi connectivity index (χ4v) is 2.61.